The fourth-order valence-corrected chi connectivity index (χ4v) is 5.32. The number of anilines is 1. The quantitative estimate of drug-likeness (QED) is 0.530. The summed E-state index contributed by atoms with van der Waals surface area (Å²) in [6.45, 7) is 1.29. The first kappa shape index (κ1) is 26.3. The first-order chi connectivity index (χ1) is 16.1. The van der Waals surface area contributed by atoms with E-state index in [4.69, 9.17) is 23.2 Å². The van der Waals surface area contributed by atoms with Crippen LogP contribution in [0.4, 0.5) is 5.69 Å². The molecule has 1 saturated carbocycles. The second kappa shape index (κ2) is 11.4. The van der Waals surface area contributed by atoms with Crippen LogP contribution in [0, 0.1) is 0 Å². The molecule has 1 atom stereocenters. The highest BCUT2D eigenvalue weighted by Gasteiger charge is 2.32. The van der Waals surface area contributed by atoms with Gasteiger partial charge in [0, 0.05) is 17.6 Å². The zero-order chi connectivity index (χ0) is 24.9. The van der Waals surface area contributed by atoms with E-state index >= 15 is 0 Å². The van der Waals surface area contributed by atoms with Crippen LogP contribution in [-0.4, -0.2) is 50.0 Å². The van der Waals surface area contributed by atoms with Crippen molar-refractivity contribution in [1.82, 2.24) is 10.2 Å². The van der Waals surface area contributed by atoms with Crippen molar-refractivity contribution in [2.45, 2.75) is 51.2 Å². The van der Waals surface area contributed by atoms with Crippen LogP contribution in [-0.2, 0) is 26.2 Å². The van der Waals surface area contributed by atoms with Gasteiger partial charge in [0.15, 0.2) is 0 Å². The van der Waals surface area contributed by atoms with E-state index in [0.29, 0.717) is 0 Å². The molecule has 0 saturated heterocycles. The minimum absolute atomic E-state index is 0.0985. The van der Waals surface area contributed by atoms with Crippen molar-refractivity contribution >= 4 is 50.7 Å². The van der Waals surface area contributed by atoms with Gasteiger partial charge in [0.1, 0.15) is 12.6 Å². The largest absolute Gasteiger partial charge is 0.352 e. The number of nitrogens with zero attached hydrogens (tertiary/aromatic N) is 2. The lowest BCUT2D eigenvalue weighted by Gasteiger charge is -2.32. The number of carbonyl (C=O) groups is 2. The number of hydrogen-bond acceptors (Lipinski definition) is 4. The van der Waals surface area contributed by atoms with E-state index in [0.717, 1.165) is 41.8 Å². The number of halogens is 2. The molecule has 184 valence electrons. The van der Waals surface area contributed by atoms with Gasteiger partial charge in [-0.3, -0.25) is 13.9 Å². The van der Waals surface area contributed by atoms with Crippen LogP contribution in [0.1, 0.15) is 38.2 Å². The van der Waals surface area contributed by atoms with Crippen LogP contribution in [0.15, 0.2) is 48.5 Å². The zero-order valence-electron chi connectivity index (χ0n) is 19.2. The predicted octanol–water partition coefficient (Wildman–Crippen LogP) is 4.24. The average Bonchev–Trinajstić information content (AvgIpc) is 3.30. The molecule has 0 unspecified atom stereocenters. The molecule has 0 aromatic heterocycles. The first-order valence-electron chi connectivity index (χ1n) is 11.1. The first-order valence-corrected chi connectivity index (χ1v) is 13.7. The minimum Gasteiger partial charge on any atom is -0.352 e. The number of amides is 2. The van der Waals surface area contributed by atoms with E-state index in [9.17, 15) is 18.0 Å². The molecule has 0 aliphatic heterocycles. The van der Waals surface area contributed by atoms with Gasteiger partial charge >= 0.3 is 0 Å². The highest BCUT2D eigenvalue weighted by Crippen LogP contribution is 2.31. The minimum atomic E-state index is -3.88. The average molecular weight is 526 g/mol. The van der Waals surface area contributed by atoms with Crippen LogP contribution in [0.25, 0.3) is 0 Å². The summed E-state index contributed by atoms with van der Waals surface area (Å²) in [4.78, 5) is 27.9. The molecule has 1 fully saturated rings. The van der Waals surface area contributed by atoms with E-state index in [1.807, 2.05) is 30.3 Å². The molecular formula is C24H29Cl2N3O4S. The van der Waals surface area contributed by atoms with Gasteiger partial charge in [0.25, 0.3) is 0 Å². The predicted molar refractivity (Wildman–Crippen MR) is 136 cm³/mol. The maximum absolute atomic E-state index is 13.5. The Balaban J connectivity index is 1.89. The van der Waals surface area contributed by atoms with Crippen LogP contribution in [0.3, 0.4) is 0 Å². The van der Waals surface area contributed by atoms with Gasteiger partial charge in [0.05, 0.1) is 17.0 Å². The summed E-state index contributed by atoms with van der Waals surface area (Å²) < 4.78 is 26.2. The van der Waals surface area contributed by atoms with E-state index in [2.05, 4.69) is 5.32 Å². The number of rotatable bonds is 9. The van der Waals surface area contributed by atoms with Gasteiger partial charge < -0.3 is 10.2 Å². The van der Waals surface area contributed by atoms with E-state index < -0.39 is 28.5 Å². The summed E-state index contributed by atoms with van der Waals surface area (Å²) in [7, 11) is -3.88. The van der Waals surface area contributed by atoms with Gasteiger partial charge in [-0.15, -0.1) is 0 Å². The van der Waals surface area contributed by atoms with Crippen LogP contribution >= 0.6 is 23.2 Å². The smallest absolute Gasteiger partial charge is 0.244 e. The lowest BCUT2D eigenvalue weighted by atomic mass is 10.1. The molecule has 3 rings (SSSR count). The van der Waals surface area contributed by atoms with Crippen molar-refractivity contribution in [2.24, 2.45) is 0 Å². The van der Waals surface area contributed by atoms with Crippen molar-refractivity contribution in [3.8, 4) is 0 Å². The summed E-state index contributed by atoms with van der Waals surface area (Å²) in [5.74, 6) is -0.790. The monoisotopic (exact) mass is 525 g/mol. The molecule has 1 N–H and O–H groups in total. The molecule has 34 heavy (non-hydrogen) atoms. The summed E-state index contributed by atoms with van der Waals surface area (Å²) in [5.41, 5.74) is 0.927. The molecule has 0 heterocycles. The molecule has 0 bridgehead atoms. The van der Waals surface area contributed by atoms with Crippen molar-refractivity contribution in [3.05, 3.63) is 64.1 Å². The standard InChI is InChI=1S/C24H29Cl2N3O4S/c1-17(24(31)27-20-10-6-7-11-20)28(15-18-8-4-3-5-9-18)23(30)16-29(34(2,32)33)22-14-19(25)12-13-21(22)26/h3-5,8-9,12-14,17,20H,6-7,10-11,15-16H2,1-2H3,(H,27,31)/t17-/m0/s1. The molecule has 2 amide bonds. The fraction of sp³-hybridized carbons (Fsp3) is 0.417. The third-order valence-corrected chi connectivity index (χ3v) is 7.60. The Kier molecular flexibility index (Phi) is 8.84. The fourth-order valence-electron chi connectivity index (χ4n) is 4.03. The Morgan fingerprint density at radius 3 is 2.35 bits per heavy atom. The summed E-state index contributed by atoms with van der Waals surface area (Å²) in [5, 5.41) is 3.45. The molecule has 2 aromatic rings. The van der Waals surface area contributed by atoms with Gasteiger partial charge in [-0.1, -0.05) is 66.4 Å². The molecular weight excluding hydrogens is 497 g/mol. The van der Waals surface area contributed by atoms with Gasteiger partial charge in [0.2, 0.25) is 21.8 Å². The number of benzene rings is 2. The Morgan fingerprint density at radius 2 is 1.74 bits per heavy atom. The van der Waals surface area contributed by atoms with Crippen LogP contribution in [0.5, 0.6) is 0 Å². The van der Waals surface area contributed by atoms with Crippen molar-refractivity contribution in [2.75, 3.05) is 17.1 Å². The zero-order valence-corrected chi connectivity index (χ0v) is 21.5. The van der Waals surface area contributed by atoms with E-state index in [1.165, 1.54) is 23.1 Å². The van der Waals surface area contributed by atoms with Crippen molar-refractivity contribution in [3.63, 3.8) is 0 Å². The second-order valence-corrected chi connectivity index (χ2v) is 11.3. The Morgan fingerprint density at radius 1 is 1.09 bits per heavy atom. The van der Waals surface area contributed by atoms with Gasteiger partial charge in [-0.2, -0.15) is 0 Å². The topological polar surface area (TPSA) is 86.8 Å². The second-order valence-electron chi connectivity index (χ2n) is 8.54. The Labute approximate surface area is 211 Å². The van der Waals surface area contributed by atoms with Crippen molar-refractivity contribution < 1.29 is 18.0 Å². The van der Waals surface area contributed by atoms with Crippen LogP contribution in [0.2, 0.25) is 10.0 Å². The normalized spacial score (nSPS) is 15.1. The third-order valence-electron chi connectivity index (χ3n) is 5.92. The highest BCUT2D eigenvalue weighted by atomic mass is 35.5. The highest BCUT2D eigenvalue weighted by molar-refractivity contribution is 7.92. The number of hydrogen-bond donors (Lipinski definition) is 1. The maximum atomic E-state index is 13.5. The van der Waals surface area contributed by atoms with Crippen molar-refractivity contribution in [1.29, 1.82) is 0 Å². The molecule has 10 heteroatoms. The summed E-state index contributed by atoms with van der Waals surface area (Å²) in [6.07, 6.45) is 4.96. The number of nitrogens with one attached hydrogen (secondary N) is 1. The summed E-state index contributed by atoms with van der Waals surface area (Å²) >= 11 is 12.3. The van der Waals surface area contributed by atoms with E-state index in [1.54, 1.807) is 6.92 Å². The Hall–Kier alpha value is -2.29. The SMILES string of the molecule is C[C@@H](C(=O)NC1CCCC1)N(Cc1ccccc1)C(=O)CN(c1cc(Cl)ccc1Cl)S(C)(=O)=O. The maximum Gasteiger partial charge on any atom is 0.244 e. The number of sulfonamides is 1. The molecule has 7 nitrogen and oxygen atoms in total. The van der Waals surface area contributed by atoms with E-state index in [-0.39, 0.29) is 34.2 Å². The van der Waals surface area contributed by atoms with Gasteiger partial charge in [-0.25, -0.2) is 8.42 Å². The molecule has 0 spiro atoms. The lowest BCUT2D eigenvalue weighted by Crippen LogP contribution is -2.52. The summed E-state index contributed by atoms with van der Waals surface area (Å²) in [6, 6.07) is 13.0. The Bertz CT molecular complexity index is 1120. The van der Waals surface area contributed by atoms with Crippen LogP contribution < -0.4 is 9.62 Å². The number of carbonyl (C=O) groups excluding carboxylic acids is 2. The third kappa shape index (κ3) is 6.87. The molecule has 1 aliphatic rings. The molecule has 1 aliphatic carbocycles. The lowest BCUT2D eigenvalue weighted by molar-refractivity contribution is -0.139. The van der Waals surface area contributed by atoms with Gasteiger partial charge in [-0.05, 0) is 43.5 Å². The molecule has 2 aromatic carbocycles. The molecule has 0 radical (unpaired) electrons.